The van der Waals surface area contributed by atoms with Crippen molar-refractivity contribution >= 4 is 11.8 Å². The number of fused-ring (bicyclic) bond motifs is 1. The van der Waals surface area contributed by atoms with E-state index in [0.717, 1.165) is 11.1 Å². The number of hydrogen-bond acceptors (Lipinski definition) is 4. The van der Waals surface area contributed by atoms with Crippen molar-refractivity contribution in [1.29, 1.82) is 0 Å². The summed E-state index contributed by atoms with van der Waals surface area (Å²) < 4.78 is 0. The van der Waals surface area contributed by atoms with Crippen LogP contribution in [-0.4, -0.2) is 45.9 Å². The highest BCUT2D eigenvalue weighted by Gasteiger charge is 2.35. The van der Waals surface area contributed by atoms with Gasteiger partial charge in [-0.3, -0.25) is 19.4 Å². The minimum atomic E-state index is -0.255. The molecule has 31 heavy (non-hydrogen) atoms. The van der Waals surface area contributed by atoms with Gasteiger partial charge in [0.2, 0.25) is 0 Å². The molecule has 1 aliphatic heterocycles. The number of hydrogen-bond donors (Lipinski definition) is 1. The topological polar surface area (TPSA) is 60.9 Å². The lowest BCUT2D eigenvalue weighted by molar-refractivity contribution is 0.0593. The third-order valence-electron chi connectivity index (χ3n) is 5.75. The summed E-state index contributed by atoms with van der Waals surface area (Å²) in [5.41, 5.74) is 3.21. The Morgan fingerprint density at radius 3 is 1.61 bits per heavy atom. The number of rotatable bonds is 9. The normalized spacial score (nSPS) is 14.2. The van der Waals surface area contributed by atoms with E-state index in [1.807, 2.05) is 36.4 Å². The number of amides is 2. The van der Waals surface area contributed by atoms with E-state index in [1.165, 1.54) is 4.90 Å². The summed E-state index contributed by atoms with van der Waals surface area (Å²) in [5, 5.41) is 10.2. The fraction of sp³-hybridized carbons (Fsp3) is 0.231. The Morgan fingerprint density at radius 2 is 1.16 bits per heavy atom. The van der Waals surface area contributed by atoms with Crippen molar-refractivity contribution in [2.75, 3.05) is 13.2 Å². The van der Waals surface area contributed by atoms with Gasteiger partial charge in [0.1, 0.15) is 0 Å². The predicted octanol–water partition coefficient (Wildman–Crippen LogP) is 3.74. The van der Waals surface area contributed by atoms with E-state index in [0.29, 0.717) is 30.6 Å². The van der Waals surface area contributed by atoms with Crippen LogP contribution >= 0.6 is 0 Å². The Balaban J connectivity index is 1.49. The maximum atomic E-state index is 12.7. The quantitative estimate of drug-likeness (QED) is 0.542. The van der Waals surface area contributed by atoms with Crippen molar-refractivity contribution in [3.8, 4) is 0 Å². The molecule has 0 aromatic heterocycles. The van der Waals surface area contributed by atoms with Crippen LogP contribution < -0.4 is 0 Å². The smallest absolute Gasteiger partial charge is 0.261 e. The fourth-order valence-electron chi connectivity index (χ4n) is 4.06. The average Bonchev–Trinajstić information content (AvgIpc) is 3.05. The molecule has 5 nitrogen and oxygen atoms in total. The number of carbonyl (C=O) groups excluding carboxylic acids is 2. The molecule has 1 aliphatic rings. The fourth-order valence-corrected chi connectivity index (χ4v) is 4.06. The summed E-state index contributed by atoms with van der Waals surface area (Å²) in [6.07, 6.45) is 0.502. The lowest BCUT2D eigenvalue weighted by atomic mass is 10.1. The second kappa shape index (κ2) is 9.69. The zero-order valence-corrected chi connectivity index (χ0v) is 17.4. The van der Waals surface area contributed by atoms with Gasteiger partial charge in [0.15, 0.2) is 0 Å². The van der Waals surface area contributed by atoms with E-state index >= 15 is 0 Å². The van der Waals surface area contributed by atoms with Gasteiger partial charge in [-0.05, 0) is 29.7 Å². The average molecular weight is 415 g/mol. The summed E-state index contributed by atoms with van der Waals surface area (Å²) in [6.45, 7) is 1.56. The Morgan fingerprint density at radius 1 is 0.710 bits per heavy atom. The molecule has 1 heterocycles. The monoisotopic (exact) mass is 414 g/mol. The highest BCUT2D eigenvalue weighted by molar-refractivity contribution is 6.21. The molecule has 3 aromatic carbocycles. The number of benzene rings is 3. The molecular weight excluding hydrogens is 388 g/mol. The third kappa shape index (κ3) is 4.74. The van der Waals surface area contributed by atoms with Crippen molar-refractivity contribution < 1.29 is 14.7 Å². The predicted molar refractivity (Wildman–Crippen MR) is 119 cm³/mol. The van der Waals surface area contributed by atoms with Gasteiger partial charge in [-0.2, -0.15) is 0 Å². The lowest BCUT2D eigenvalue weighted by Gasteiger charge is -2.31. The van der Waals surface area contributed by atoms with Gasteiger partial charge >= 0.3 is 0 Å². The second-order valence-electron chi connectivity index (χ2n) is 7.81. The molecule has 0 spiro atoms. The van der Waals surface area contributed by atoms with Crippen molar-refractivity contribution in [3.05, 3.63) is 107 Å². The Kier molecular flexibility index (Phi) is 6.55. The second-order valence-corrected chi connectivity index (χ2v) is 7.81. The Hall–Kier alpha value is -3.28. The van der Waals surface area contributed by atoms with Crippen LogP contribution in [0.5, 0.6) is 0 Å². The number of aliphatic hydroxyl groups excluding tert-OH is 1. The maximum absolute atomic E-state index is 12.7. The SMILES string of the molecule is O=C1c2ccccc2C(=O)N1CC[C@@H](CO)N(Cc1ccccc1)Cc1ccccc1. The molecule has 0 unspecified atom stereocenters. The van der Waals surface area contributed by atoms with Gasteiger partial charge in [0.25, 0.3) is 11.8 Å². The van der Waals surface area contributed by atoms with Gasteiger partial charge in [-0.15, -0.1) is 0 Å². The molecule has 0 bridgehead atoms. The molecule has 3 aromatic rings. The van der Waals surface area contributed by atoms with Gasteiger partial charge in [0.05, 0.1) is 17.7 Å². The molecule has 0 aliphatic carbocycles. The summed E-state index contributed by atoms with van der Waals surface area (Å²) in [4.78, 5) is 28.9. The molecular formula is C26H26N2O3. The van der Waals surface area contributed by atoms with Crippen molar-refractivity contribution in [1.82, 2.24) is 9.80 Å². The third-order valence-corrected chi connectivity index (χ3v) is 5.75. The Labute approximate surface area is 182 Å². The maximum Gasteiger partial charge on any atom is 0.261 e. The molecule has 0 radical (unpaired) electrons. The van der Waals surface area contributed by atoms with E-state index in [-0.39, 0.29) is 31.0 Å². The summed E-state index contributed by atoms with van der Waals surface area (Å²) in [6, 6.07) is 27.0. The Bertz CT molecular complexity index is 960. The van der Waals surface area contributed by atoms with E-state index in [2.05, 4.69) is 29.2 Å². The standard InChI is InChI=1S/C26H26N2O3/c29-19-22(15-16-28-25(30)23-13-7-8-14-24(23)26(28)31)27(17-20-9-3-1-4-10-20)18-21-11-5-2-6-12-21/h1-14,22,29H,15-19H2/t22-/m0/s1. The van der Waals surface area contributed by atoms with Crippen LogP contribution in [0.3, 0.4) is 0 Å². The first-order valence-corrected chi connectivity index (χ1v) is 10.6. The minimum Gasteiger partial charge on any atom is -0.395 e. The van der Waals surface area contributed by atoms with Crippen LogP contribution in [0.2, 0.25) is 0 Å². The lowest BCUT2D eigenvalue weighted by Crippen LogP contribution is -2.41. The van der Waals surface area contributed by atoms with Gasteiger partial charge in [0, 0.05) is 25.7 Å². The largest absolute Gasteiger partial charge is 0.395 e. The molecule has 1 atom stereocenters. The molecule has 0 saturated heterocycles. The van der Waals surface area contributed by atoms with Crippen LogP contribution in [0.15, 0.2) is 84.9 Å². The molecule has 2 amide bonds. The van der Waals surface area contributed by atoms with Crippen LogP contribution in [0.1, 0.15) is 38.3 Å². The van der Waals surface area contributed by atoms with Crippen LogP contribution in [0, 0.1) is 0 Å². The van der Waals surface area contributed by atoms with Crippen molar-refractivity contribution in [3.63, 3.8) is 0 Å². The molecule has 0 saturated carbocycles. The van der Waals surface area contributed by atoms with E-state index in [9.17, 15) is 14.7 Å². The first kappa shape index (κ1) is 21.0. The molecule has 1 N–H and O–H groups in total. The van der Waals surface area contributed by atoms with Gasteiger partial charge in [-0.25, -0.2) is 0 Å². The zero-order chi connectivity index (χ0) is 21.6. The van der Waals surface area contributed by atoms with E-state index in [1.54, 1.807) is 24.3 Å². The van der Waals surface area contributed by atoms with Crippen LogP contribution in [0.25, 0.3) is 0 Å². The number of aliphatic hydroxyl groups is 1. The van der Waals surface area contributed by atoms with Crippen molar-refractivity contribution in [2.24, 2.45) is 0 Å². The van der Waals surface area contributed by atoms with Crippen molar-refractivity contribution in [2.45, 2.75) is 25.6 Å². The van der Waals surface area contributed by atoms with E-state index in [4.69, 9.17) is 0 Å². The number of imide groups is 1. The number of carbonyl (C=O) groups is 2. The van der Waals surface area contributed by atoms with E-state index < -0.39 is 0 Å². The first-order chi connectivity index (χ1) is 15.2. The highest BCUT2D eigenvalue weighted by Crippen LogP contribution is 2.24. The first-order valence-electron chi connectivity index (χ1n) is 10.6. The van der Waals surface area contributed by atoms with Gasteiger partial charge in [-0.1, -0.05) is 72.8 Å². The summed E-state index contributed by atoms with van der Waals surface area (Å²) in [7, 11) is 0. The minimum absolute atomic E-state index is 0.0527. The zero-order valence-electron chi connectivity index (χ0n) is 17.4. The van der Waals surface area contributed by atoms with Crippen LogP contribution in [-0.2, 0) is 13.1 Å². The summed E-state index contributed by atoms with van der Waals surface area (Å²) in [5.74, 6) is -0.509. The van der Waals surface area contributed by atoms with Crippen LogP contribution in [0.4, 0.5) is 0 Å². The molecule has 5 heteroatoms. The molecule has 158 valence electrons. The highest BCUT2D eigenvalue weighted by atomic mass is 16.3. The molecule has 0 fully saturated rings. The van der Waals surface area contributed by atoms with Gasteiger partial charge < -0.3 is 5.11 Å². The summed E-state index contributed by atoms with van der Waals surface area (Å²) >= 11 is 0. The number of nitrogens with zero attached hydrogens (tertiary/aromatic N) is 2. The molecule has 4 rings (SSSR count).